The lowest BCUT2D eigenvalue weighted by molar-refractivity contribution is -0.116. The van der Waals surface area contributed by atoms with Crippen LogP contribution in [0.25, 0.3) is 0 Å². The minimum Gasteiger partial charge on any atom is -0.396 e. The molecular weight excluding hydrogens is 224 g/mol. The molecule has 0 amide bonds. The molecule has 0 heterocycles. The summed E-state index contributed by atoms with van der Waals surface area (Å²) in [4.78, 5) is 10.8. The van der Waals surface area contributed by atoms with E-state index in [0.717, 1.165) is 31.3 Å². The van der Waals surface area contributed by atoms with Crippen LogP contribution in [-0.4, -0.2) is 17.5 Å². The smallest absolute Gasteiger partial charge is 0.130 e. The van der Waals surface area contributed by atoms with E-state index >= 15 is 0 Å². The number of ketones is 1. The summed E-state index contributed by atoms with van der Waals surface area (Å²) in [5.41, 5.74) is 1.05. The second-order valence-corrected chi connectivity index (χ2v) is 4.90. The monoisotopic (exact) mass is 252 g/mol. The molecule has 0 atom stereocenters. The Kier molecular flexibility index (Phi) is 11.9. The summed E-state index contributed by atoms with van der Waals surface area (Å²) in [6, 6.07) is 0. The van der Waals surface area contributed by atoms with Crippen LogP contribution >= 0.6 is 0 Å². The topological polar surface area (TPSA) is 37.3 Å². The minimum atomic E-state index is 0.229. The zero-order chi connectivity index (χ0) is 13.6. The first-order valence-corrected chi connectivity index (χ1v) is 7.11. The van der Waals surface area contributed by atoms with Crippen LogP contribution in [0.1, 0.15) is 64.7 Å². The molecule has 0 aromatic heterocycles. The molecule has 0 bridgehead atoms. The van der Waals surface area contributed by atoms with Crippen LogP contribution in [-0.2, 0) is 4.79 Å². The number of unbranched alkanes of at least 4 members (excludes halogenated alkanes) is 6. The number of carbonyl (C=O) groups excluding carboxylic acids is 1. The molecule has 0 spiro atoms. The first-order chi connectivity index (χ1) is 8.66. The summed E-state index contributed by atoms with van der Waals surface area (Å²) < 4.78 is 0. The van der Waals surface area contributed by atoms with Crippen molar-refractivity contribution in [2.24, 2.45) is 0 Å². The van der Waals surface area contributed by atoms with E-state index in [9.17, 15) is 4.79 Å². The quantitative estimate of drug-likeness (QED) is 0.417. The predicted molar refractivity (Wildman–Crippen MR) is 77.6 cm³/mol. The van der Waals surface area contributed by atoms with Gasteiger partial charge in [0.05, 0.1) is 0 Å². The third-order valence-electron chi connectivity index (χ3n) is 2.93. The van der Waals surface area contributed by atoms with Gasteiger partial charge < -0.3 is 9.90 Å². The van der Waals surface area contributed by atoms with Gasteiger partial charge in [0.25, 0.3) is 0 Å². The van der Waals surface area contributed by atoms with Crippen LogP contribution < -0.4 is 0 Å². The molecule has 0 aromatic carbocycles. The van der Waals surface area contributed by atoms with Gasteiger partial charge >= 0.3 is 0 Å². The Morgan fingerprint density at radius 2 is 1.67 bits per heavy atom. The fourth-order valence-electron chi connectivity index (χ4n) is 1.75. The minimum absolute atomic E-state index is 0.229. The van der Waals surface area contributed by atoms with Gasteiger partial charge in [-0.1, -0.05) is 50.0 Å². The van der Waals surface area contributed by atoms with Crippen LogP contribution in [0.5, 0.6) is 0 Å². The zero-order valence-electron chi connectivity index (χ0n) is 11.8. The molecule has 2 heteroatoms. The van der Waals surface area contributed by atoms with Gasteiger partial charge in [0.2, 0.25) is 0 Å². The fraction of sp³-hybridized carbons (Fsp3) is 0.688. The van der Waals surface area contributed by atoms with Crippen molar-refractivity contribution in [1.82, 2.24) is 0 Å². The Bertz CT molecular complexity index is 254. The van der Waals surface area contributed by atoms with Crippen molar-refractivity contribution in [3.63, 3.8) is 0 Å². The van der Waals surface area contributed by atoms with Crippen molar-refractivity contribution in [2.75, 3.05) is 6.61 Å². The van der Waals surface area contributed by atoms with Gasteiger partial charge in [-0.15, -0.1) is 0 Å². The van der Waals surface area contributed by atoms with Crippen LogP contribution in [0.2, 0.25) is 0 Å². The highest BCUT2D eigenvalue weighted by molar-refractivity contribution is 5.75. The number of hydrogen-bond donors (Lipinski definition) is 1. The lowest BCUT2D eigenvalue weighted by Gasteiger charge is -1.99. The third-order valence-corrected chi connectivity index (χ3v) is 2.93. The first kappa shape index (κ1) is 17.1. The van der Waals surface area contributed by atoms with E-state index in [1.807, 2.05) is 0 Å². The van der Waals surface area contributed by atoms with Crippen molar-refractivity contribution in [2.45, 2.75) is 64.7 Å². The molecular formula is C16H28O2. The SMILES string of the molecule is C=C(/C=C/CCCCCCCCO)CCC(C)=O. The highest BCUT2D eigenvalue weighted by atomic mass is 16.2. The molecule has 0 saturated carbocycles. The molecule has 0 aromatic rings. The van der Waals surface area contributed by atoms with Gasteiger partial charge in [0.1, 0.15) is 5.78 Å². The Morgan fingerprint density at radius 1 is 1.06 bits per heavy atom. The molecule has 0 unspecified atom stereocenters. The molecule has 1 N–H and O–H groups in total. The number of carbonyl (C=O) groups is 1. The second-order valence-electron chi connectivity index (χ2n) is 4.90. The average molecular weight is 252 g/mol. The summed E-state index contributed by atoms with van der Waals surface area (Å²) >= 11 is 0. The van der Waals surface area contributed by atoms with Gasteiger partial charge in [-0.2, -0.15) is 0 Å². The van der Waals surface area contributed by atoms with E-state index in [4.69, 9.17) is 5.11 Å². The number of rotatable bonds is 12. The van der Waals surface area contributed by atoms with Gasteiger partial charge in [0.15, 0.2) is 0 Å². The number of Topliss-reactive ketones (excluding diaryl/α,β-unsaturated/α-hetero) is 1. The van der Waals surface area contributed by atoms with E-state index < -0.39 is 0 Å². The van der Waals surface area contributed by atoms with E-state index in [2.05, 4.69) is 18.7 Å². The molecule has 0 rings (SSSR count). The maximum Gasteiger partial charge on any atom is 0.130 e. The van der Waals surface area contributed by atoms with Gasteiger partial charge in [0, 0.05) is 13.0 Å². The van der Waals surface area contributed by atoms with E-state index in [0.29, 0.717) is 13.0 Å². The average Bonchev–Trinajstić information content (AvgIpc) is 2.34. The number of aliphatic hydroxyl groups excluding tert-OH is 1. The molecule has 0 aliphatic carbocycles. The van der Waals surface area contributed by atoms with E-state index in [1.54, 1.807) is 6.92 Å². The summed E-state index contributed by atoms with van der Waals surface area (Å²) in [7, 11) is 0. The Balaban J connectivity index is 3.31. The summed E-state index contributed by atoms with van der Waals surface area (Å²) in [6.45, 7) is 5.88. The largest absolute Gasteiger partial charge is 0.396 e. The Morgan fingerprint density at radius 3 is 2.28 bits per heavy atom. The van der Waals surface area contributed by atoms with Crippen molar-refractivity contribution >= 4 is 5.78 Å². The lowest BCUT2D eigenvalue weighted by Crippen LogP contribution is -1.89. The van der Waals surface area contributed by atoms with E-state index in [1.165, 1.54) is 25.7 Å². The fourth-order valence-corrected chi connectivity index (χ4v) is 1.75. The molecule has 0 aliphatic heterocycles. The van der Waals surface area contributed by atoms with Crippen LogP contribution in [0.15, 0.2) is 24.3 Å². The number of aliphatic hydroxyl groups is 1. The standard InChI is InChI=1S/C16H28O2/c1-15(12-13-16(2)18)11-9-7-5-3-4-6-8-10-14-17/h9,11,17H,1,3-8,10,12-14H2,2H3/b11-9+. The maximum atomic E-state index is 10.8. The predicted octanol–water partition coefficient (Wildman–Crippen LogP) is 4.19. The highest BCUT2D eigenvalue weighted by Gasteiger charge is 1.94. The van der Waals surface area contributed by atoms with Gasteiger partial charge in [-0.25, -0.2) is 0 Å². The molecule has 0 fully saturated rings. The van der Waals surface area contributed by atoms with Gasteiger partial charge in [-0.3, -0.25) is 0 Å². The summed E-state index contributed by atoms with van der Waals surface area (Å²) in [5.74, 6) is 0.229. The van der Waals surface area contributed by atoms with E-state index in [-0.39, 0.29) is 5.78 Å². The molecule has 104 valence electrons. The number of allylic oxidation sites excluding steroid dienone is 3. The molecule has 0 aliphatic rings. The molecule has 2 nitrogen and oxygen atoms in total. The molecule has 18 heavy (non-hydrogen) atoms. The second kappa shape index (κ2) is 12.6. The maximum absolute atomic E-state index is 10.8. The van der Waals surface area contributed by atoms with Crippen LogP contribution in [0.4, 0.5) is 0 Å². The van der Waals surface area contributed by atoms with Crippen LogP contribution in [0.3, 0.4) is 0 Å². The highest BCUT2D eigenvalue weighted by Crippen LogP contribution is 2.09. The lowest BCUT2D eigenvalue weighted by atomic mass is 10.1. The van der Waals surface area contributed by atoms with Gasteiger partial charge in [-0.05, 0) is 32.6 Å². The Labute approximate surface area is 112 Å². The normalized spacial score (nSPS) is 11.0. The molecule has 0 radical (unpaired) electrons. The Hall–Kier alpha value is -0.890. The zero-order valence-corrected chi connectivity index (χ0v) is 11.8. The third kappa shape index (κ3) is 13.2. The number of hydrogen-bond acceptors (Lipinski definition) is 2. The summed E-state index contributed by atoms with van der Waals surface area (Å²) in [6.07, 6.45) is 13.8. The molecule has 0 saturated heterocycles. The first-order valence-electron chi connectivity index (χ1n) is 7.11. The van der Waals surface area contributed by atoms with Crippen molar-refractivity contribution in [3.05, 3.63) is 24.3 Å². The summed E-state index contributed by atoms with van der Waals surface area (Å²) in [5, 5.41) is 8.63. The van der Waals surface area contributed by atoms with Crippen LogP contribution in [0, 0.1) is 0 Å². The van der Waals surface area contributed by atoms with Crippen molar-refractivity contribution < 1.29 is 9.90 Å². The van der Waals surface area contributed by atoms with Crippen molar-refractivity contribution in [3.8, 4) is 0 Å². The van der Waals surface area contributed by atoms with Crippen molar-refractivity contribution in [1.29, 1.82) is 0 Å².